The molecule has 0 saturated heterocycles. The molecule has 82 valence electrons. The van der Waals surface area contributed by atoms with Crippen LogP contribution in [0.2, 0.25) is 0 Å². The molecular formula is C10H12ClNO2S. The summed E-state index contributed by atoms with van der Waals surface area (Å²) in [7, 11) is 3.33. The predicted octanol–water partition coefficient (Wildman–Crippen LogP) is 2.88. The van der Waals surface area contributed by atoms with Gasteiger partial charge in [0.1, 0.15) is 5.75 Å². The van der Waals surface area contributed by atoms with Crippen LogP contribution in [-0.4, -0.2) is 19.1 Å². The van der Waals surface area contributed by atoms with E-state index in [4.69, 9.17) is 21.1 Å². The van der Waals surface area contributed by atoms with Gasteiger partial charge in [0.15, 0.2) is 4.83 Å². The van der Waals surface area contributed by atoms with Gasteiger partial charge in [-0.2, -0.15) is 0 Å². The lowest BCUT2D eigenvalue weighted by molar-refractivity contribution is 0.184. The van der Waals surface area contributed by atoms with E-state index < -0.39 is 0 Å². The molecule has 0 bridgehead atoms. The highest BCUT2D eigenvalue weighted by Crippen LogP contribution is 2.45. The number of fused-ring (bicyclic) bond motifs is 1. The van der Waals surface area contributed by atoms with Gasteiger partial charge in [-0.3, -0.25) is 0 Å². The molecule has 0 aromatic heterocycles. The zero-order valence-corrected chi connectivity index (χ0v) is 10.1. The van der Waals surface area contributed by atoms with Gasteiger partial charge < -0.3 is 14.8 Å². The Kier molecular flexibility index (Phi) is 3.29. The molecule has 0 fully saturated rings. The van der Waals surface area contributed by atoms with Gasteiger partial charge in [-0.25, -0.2) is 0 Å². The number of nitrogens with one attached hydrogen (secondary N) is 1. The number of ether oxygens (including phenoxy) is 2. The molecule has 0 saturated carbocycles. The van der Waals surface area contributed by atoms with Crippen molar-refractivity contribution < 1.29 is 9.47 Å². The Hall–Kier alpha value is -0.580. The van der Waals surface area contributed by atoms with Crippen molar-refractivity contribution in [2.45, 2.75) is 16.3 Å². The first-order valence-corrected chi connectivity index (χ1v) is 5.83. The molecule has 0 aliphatic carbocycles. The van der Waals surface area contributed by atoms with Crippen LogP contribution < -0.4 is 10.1 Å². The van der Waals surface area contributed by atoms with Gasteiger partial charge in [0, 0.05) is 12.0 Å². The number of hydrogen-bond acceptors (Lipinski definition) is 4. The summed E-state index contributed by atoms with van der Waals surface area (Å²) in [6.07, 6.45) is 0. The lowest BCUT2D eigenvalue weighted by Gasteiger charge is -2.09. The highest BCUT2D eigenvalue weighted by Gasteiger charge is 2.23. The topological polar surface area (TPSA) is 30.5 Å². The molecule has 0 spiro atoms. The predicted molar refractivity (Wildman–Crippen MR) is 62.8 cm³/mol. The Morgan fingerprint density at radius 3 is 2.93 bits per heavy atom. The number of benzene rings is 1. The van der Waals surface area contributed by atoms with Crippen LogP contribution in [0.5, 0.6) is 5.75 Å². The molecule has 15 heavy (non-hydrogen) atoms. The van der Waals surface area contributed by atoms with E-state index in [0.717, 1.165) is 21.9 Å². The molecule has 3 nitrogen and oxygen atoms in total. The Balaban J connectivity index is 2.38. The van der Waals surface area contributed by atoms with Gasteiger partial charge in [0.05, 0.1) is 19.4 Å². The summed E-state index contributed by atoms with van der Waals surface area (Å²) in [6, 6.07) is 4.03. The van der Waals surface area contributed by atoms with Gasteiger partial charge in [0.25, 0.3) is 0 Å². The number of methoxy groups -OCH3 is 2. The fourth-order valence-corrected chi connectivity index (χ4v) is 2.84. The van der Waals surface area contributed by atoms with Gasteiger partial charge in [-0.05, 0) is 17.7 Å². The van der Waals surface area contributed by atoms with Crippen molar-refractivity contribution in [2.24, 2.45) is 0 Å². The van der Waals surface area contributed by atoms with Crippen molar-refractivity contribution in [2.75, 3.05) is 19.5 Å². The minimum absolute atomic E-state index is 0.119. The molecule has 1 atom stereocenters. The fraction of sp³-hybridized carbons (Fsp3) is 0.400. The molecule has 2 rings (SSSR count). The number of rotatable bonds is 3. The van der Waals surface area contributed by atoms with E-state index in [2.05, 4.69) is 11.4 Å². The van der Waals surface area contributed by atoms with E-state index >= 15 is 0 Å². The number of alkyl halides is 1. The molecular weight excluding hydrogens is 234 g/mol. The van der Waals surface area contributed by atoms with Crippen molar-refractivity contribution in [1.29, 1.82) is 0 Å². The first kappa shape index (κ1) is 10.9. The number of hydrogen-bond donors (Lipinski definition) is 1. The van der Waals surface area contributed by atoms with Crippen molar-refractivity contribution in [3.8, 4) is 5.75 Å². The Morgan fingerprint density at radius 2 is 2.27 bits per heavy atom. The largest absolute Gasteiger partial charge is 0.495 e. The first-order valence-electron chi connectivity index (χ1n) is 4.51. The highest BCUT2D eigenvalue weighted by molar-refractivity contribution is 8.01. The quantitative estimate of drug-likeness (QED) is 0.655. The molecule has 1 aromatic rings. The molecule has 1 heterocycles. The summed E-state index contributed by atoms with van der Waals surface area (Å²) >= 11 is 7.58. The summed E-state index contributed by atoms with van der Waals surface area (Å²) in [5.41, 5.74) is 2.07. The van der Waals surface area contributed by atoms with E-state index in [1.165, 1.54) is 0 Å². The summed E-state index contributed by atoms with van der Waals surface area (Å²) < 4.78 is 10.4. The Bertz CT molecular complexity index is 373. The molecule has 5 heteroatoms. The maximum atomic E-state index is 6.00. The van der Waals surface area contributed by atoms with E-state index in [9.17, 15) is 0 Å². The van der Waals surface area contributed by atoms with E-state index in [0.29, 0.717) is 6.61 Å². The third-order valence-corrected chi connectivity index (χ3v) is 3.42. The zero-order valence-electron chi connectivity index (χ0n) is 8.54. The monoisotopic (exact) mass is 245 g/mol. The summed E-state index contributed by atoms with van der Waals surface area (Å²) in [5, 5.41) is 3.15. The van der Waals surface area contributed by atoms with Crippen LogP contribution in [-0.2, 0) is 11.3 Å². The number of anilines is 1. The molecule has 1 aliphatic rings. The van der Waals surface area contributed by atoms with Crippen molar-refractivity contribution in [1.82, 2.24) is 0 Å². The Labute approximate surface area is 98.1 Å². The third kappa shape index (κ3) is 2.17. The van der Waals surface area contributed by atoms with Crippen molar-refractivity contribution in [3.63, 3.8) is 0 Å². The molecule has 1 unspecified atom stereocenters. The molecule has 1 N–H and O–H groups in total. The minimum atomic E-state index is -0.119. The Morgan fingerprint density at radius 1 is 1.47 bits per heavy atom. The lowest BCUT2D eigenvalue weighted by atomic mass is 10.2. The second-order valence-electron chi connectivity index (χ2n) is 3.18. The van der Waals surface area contributed by atoms with Gasteiger partial charge in [0.2, 0.25) is 0 Å². The maximum Gasteiger partial charge on any atom is 0.153 e. The SMILES string of the molecule is COCc1cc(OC)c2c(c1)SC(Cl)N2. The second kappa shape index (κ2) is 4.51. The number of thioether (sulfide) groups is 1. The number of halogens is 1. The highest BCUT2D eigenvalue weighted by atomic mass is 35.5. The lowest BCUT2D eigenvalue weighted by Crippen LogP contribution is -2.01. The normalized spacial score (nSPS) is 18.5. The van der Waals surface area contributed by atoms with Crippen LogP contribution in [0, 0.1) is 0 Å². The van der Waals surface area contributed by atoms with Crippen LogP contribution >= 0.6 is 23.4 Å². The standard InChI is InChI=1S/C10H12ClNO2S/c1-13-5-6-3-7(14-2)9-8(4-6)15-10(11)12-9/h3-4,10,12H,5H2,1-2H3. The van der Waals surface area contributed by atoms with Crippen LogP contribution in [0.4, 0.5) is 5.69 Å². The van der Waals surface area contributed by atoms with Gasteiger partial charge in [-0.1, -0.05) is 23.4 Å². The van der Waals surface area contributed by atoms with Crippen LogP contribution in [0.25, 0.3) is 0 Å². The average Bonchev–Trinajstić information content (AvgIpc) is 2.57. The first-order chi connectivity index (χ1) is 7.24. The molecule has 1 aliphatic heterocycles. The minimum Gasteiger partial charge on any atom is -0.495 e. The van der Waals surface area contributed by atoms with Crippen molar-refractivity contribution >= 4 is 29.1 Å². The van der Waals surface area contributed by atoms with Crippen molar-refractivity contribution in [3.05, 3.63) is 17.7 Å². The summed E-state index contributed by atoms with van der Waals surface area (Å²) in [4.78, 5) is 0.994. The second-order valence-corrected chi connectivity index (χ2v) is 5.02. The fourth-order valence-electron chi connectivity index (χ4n) is 1.54. The van der Waals surface area contributed by atoms with Gasteiger partial charge >= 0.3 is 0 Å². The smallest absolute Gasteiger partial charge is 0.153 e. The maximum absolute atomic E-state index is 6.00. The molecule has 0 amide bonds. The average molecular weight is 246 g/mol. The summed E-state index contributed by atoms with van der Waals surface area (Å²) in [6.45, 7) is 0.581. The van der Waals surface area contributed by atoms with Crippen LogP contribution in [0.1, 0.15) is 5.56 Å². The van der Waals surface area contributed by atoms with E-state index in [1.807, 2.05) is 6.07 Å². The van der Waals surface area contributed by atoms with E-state index in [1.54, 1.807) is 26.0 Å². The third-order valence-electron chi connectivity index (χ3n) is 2.14. The van der Waals surface area contributed by atoms with Gasteiger partial charge in [-0.15, -0.1) is 0 Å². The molecule has 0 radical (unpaired) electrons. The molecule has 1 aromatic carbocycles. The zero-order chi connectivity index (χ0) is 10.8. The van der Waals surface area contributed by atoms with Crippen LogP contribution in [0.3, 0.4) is 0 Å². The summed E-state index contributed by atoms with van der Waals surface area (Å²) in [5.74, 6) is 0.815. The van der Waals surface area contributed by atoms with E-state index in [-0.39, 0.29) is 4.83 Å². The van der Waals surface area contributed by atoms with Crippen LogP contribution in [0.15, 0.2) is 17.0 Å².